The molecule has 0 spiro atoms. The Labute approximate surface area is 125 Å². The van der Waals surface area contributed by atoms with Crippen LogP contribution in [0.5, 0.6) is 0 Å². The van der Waals surface area contributed by atoms with Crippen LogP contribution in [-0.2, 0) is 0 Å². The Balaban J connectivity index is 3.23. The molecule has 0 radical (unpaired) electrons. The van der Waals surface area contributed by atoms with Gasteiger partial charge in [-0.25, -0.2) is 0 Å². The molecule has 0 saturated carbocycles. The van der Waals surface area contributed by atoms with E-state index >= 15 is 0 Å². The highest BCUT2D eigenvalue weighted by molar-refractivity contribution is 5.46. The zero-order chi connectivity index (χ0) is 15.7. The van der Waals surface area contributed by atoms with E-state index in [1.807, 2.05) is 37.8 Å². The van der Waals surface area contributed by atoms with Gasteiger partial charge in [0.15, 0.2) is 0 Å². The van der Waals surface area contributed by atoms with Gasteiger partial charge < -0.3 is 15.1 Å². The van der Waals surface area contributed by atoms with E-state index in [2.05, 4.69) is 20.3 Å². The van der Waals surface area contributed by atoms with Crippen LogP contribution in [0.15, 0.2) is 0 Å². The molecular weight excluding hydrogens is 268 g/mol. The predicted octanol–water partition coefficient (Wildman–Crippen LogP) is 1.00. The van der Waals surface area contributed by atoms with Crippen molar-refractivity contribution in [3.8, 4) is 12.1 Å². The van der Waals surface area contributed by atoms with E-state index < -0.39 is 0 Å². The van der Waals surface area contributed by atoms with Gasteiger partial charge in [0.05, 0.1) is 12.1 Å². The van der Waals surface area contributed by atoms with Crippen molar-refractivity contribution in [1.29, 1.82) is 10.5 Å². The number of hydrogen-bond acceptors (Lipinski definition) is 8. The molecule has 1 rings (SSSR count). The normalized spacial score (nSPS) is 9.57. The Hall–Kier alpha value is -2.61. The molecule has 1 N–H and O–H groups in total. The van der Waals surface area contributed by atoms with E-state index in [-0.39, 0.29) is 13.1 Å². The first-order valence-corrected chi connectivity index (χ1v) is 6.93. The van der Waals surface area contributed by atoms with E-state index in [0.29, 0.717) is 24.4 Å². The van der Waals surface area contributed by atoms with Crippen molar-refractivity contribution in [2.75, 3.05) is 47.8 Å². The quantitative estimate of drug-likeness (QED) is 0.706. The average Bonchev–Trinajstić information content (AvgIpc) is 2.48. The second kappa shape index (κ2) is 8.54. The molecule has 8 nitrogen and oxygen atoms in total. The van der Waals surface area contributed by atoms with Crippen LogP contribution in [0, 0.1) is 22.7 Å². The van der Waals surface area contributed by atoms with Gasteiger partial charge in [-0.05, 0) is 20.8 Å². The molecule has 0 fully saturated rings. The molecule has 21 heavy (non-hydrogen) atoms. The van der Waals surface area contributed by atoms with Gasteiger partial charge in [-0.1, -0.05) is 0 Å². The average molecular weight is 288 g/mol. The molecule has 1 aromatic rings. The van der Waals surface area contributed by atoms with Gasteiger partial charge >= 0.3 is 0 Å². The second-order valence-corrected chi connectivity index (χ2v) is 4.13. The van der Waals surface area contributed by atoms with Crippen LogP contribution in [-0.4, -0.2) is 47.7 Å². The number of hydrogen-bond donors (Lipinski definition) is 1. The maximum atomic E-state index is 8.87. The molecule has 0 aliphatic heterocycles. The van der Waals surface area contributed by atoms with Gasteiger partial charge in [0, 0.05) is 19.6 Å². The summed E-state index contributed by atoms with van der Waals surface area (Å²) in [5, 5.41) is 20.8. The fourth-order valence-electron chi connectivity index (χ4n) is 1.75. The minimum atomic E-state index is 0.0564. The highest BCUT2D eigenvalue weighted by atomic mass is 15.4. The Bertz CT molecular complexity index is 510. The minimum absolute atomic E-state index is 0.0564. The summed E-state index contributed by atoms with van der Waals surface area (Å²) in [6.07, 6.45) is 0. The van der Waals surface area contributed by atoms with Gasteiger partial charge in [0.2, 0.25) is 17.8 Å². The highest BCUT2D eigenvalue weighted by Gasteiger charge is 2.15. The summed E-state index contributed by atoms with van der Waals surface area (Å²) in [5.74, 6) is 1.33. The smallest absolute Gasteiger partial charge is 0.233 e. The van der Waals surface area contributed by atoms with E-state index in [1.54, 1.807) is 0 Å². The summed E-state index contributed by atoms with van der Waals surface area (Å²) in [6.45, 7) is 8.30. The van der Waals surface area contributed by atoms with Crippen molar-refractivity contribution >= 4 is 17.8 Å². The summed E-state index contributed by atoms with van der Waals surface area (Å²) in [4.78, 5) is 16.5. The lowest BCUT2D eigenvalue weighted by molar-refractivity contribution is 0.797. The largest absolute Gasteiger partial charge is 0.354 e. The lowest BCUT2D eigenvalue weighted by Gasteiger charge is -2.22. The molecule has 0 amide bonds. The minimum Gasteiger partial charge on any atom is -0.354 e. The Morgan fingerprint density at radius 3 is 1.86 bits per heavy atom. The van der Waals surface area contributed by atoms with Gasteiger partial charge in [-0.3, -0.25) is 0 Å². The number of anilines is 3. The maximum Gasteiger partial charge on any atom is 0.233 e. The van der Waals surface area contributed by atoms with Gasteiger partial charge in [-0.15, -0.1) is 0 Å². The highest BCUT2D eigenvalue weighted by Crippen LogP contribution is 2.16. The van der Waals surface area contributed by atoms with E-state index in [9.17, 15) is 0 Å². The fourth-order valence-corrected chi connectivity index (χ4v) is 1.75. The molecule has 0 aliphatic rings. The zero-order valence-electron chi connectivity index (χ0n) is 12.7. The van der Waals surface area contributed by atoms with E-state index in [4.69, 9.17) is 10.5 Å². The summed E-state index contributed by atoms with van der Waals surface area (Å²) < 4.78 is 0. The monoisotopic (exact) mass is 288 g/mol. The Morgan fingerprint density at radius 2 is 1.43 bits per heavy atom. The first kappa shape index (κ1) is 16.4. The lowest BCUT2D eigenvalue weighted by atomic mass is 10.5. The van der Waals surface area contributed by atoms with Crippen molar-refractivity contribution in [2.24, 2.45) is 0 Å². The van der Waals surface area contributed by atoms with E-state index in [1.165, 1.54) is 4.90 Å². The molecule has 0 atom stereocenters. The van der Waals surface area contributed by atoms with Crippen LogP contribution in [0.25, 0.3) is 0 Å². The van der Waals surface area contributed by atoms with Crippen LogP contribution in [0.4, 0.5) is 17.8 Å². The number of nitrogens with one attached hydrogen (secondary N) is 1. The second-order valence-electron chi connectivity index (χ2n) is 4.13. The first-order chi connectivity index (χ1) is 10.2. The molecule has 0 unspecified atom stereocenters. The standard InChI is InChI=1S/C13H20N8/c1-4-16-11-17-12(20(5-2)6-3)19-13(18-11)21(9-7-14)10-8-15/h4-6,9-10H2,1-3H3,(H,16,17,18,19). The molecule has 0 saturated heterocycles. The molecular formula is C13H20N8. The fraction of sp³-hybridized carbons (Fsp3) is 0.615. The van der Waals surface area contributed by atoms with Gasteiger partial charge in [0.25, 0.3) is 0 Å². The maximum absolute atomic E-state index is 8.87. The first-order valence-electron chi connectivity index (χ1n) is 6.93. The third-order valence-electron chi connectivity index (χ3n) is 2.80. The molecule has 1 heterocycles. The number of aromatic nitrogens is 3. The summed E-state index contributed by atoms with van der Waals surface area (Å²) in [6, 6.07) is 4.04. The molecule has 1 aromatic heterocycles. The lowest BCUT2D eigenvalue weighted by Crippen LogP contribution is -2.30. The zero-order valence-corrected chi connectivity index (χ0v) is 12.7. The summed E-state index contributed by atoms with van der Waals surface area (Å²) >= 11 is 0. The predicted molar refractivity (Wildman–Crippen MR) is 81.0 cm³/mol. The van der Waals surface area contributed by atoms with Crippen molar-refractivity contribution in [3.63, 3.8) is 0 Å². The van der Waals surface area contributed by atoms with Crippen LogP contribution >= 0.6 is 0 Å². The van der Waals surface area contributed by atoms with Crippen molar-refractivity contribution in [1.82, 2.24) is 15.0 Å². The molecule has 0 bridgehead atoms. The topological polar surface area (TPSA) is 105 Å². The number of nitrogens with zero attached hydrogens (tertiary/aromatic N) is 7. The van der Waals surface area contributed by atoms with Crippen LogP contribution < -0.4 is 15.1 Å². The van der Waals surface area contributed by atoms with Gasteiger partial charge in [-0.2, -0.15) is 25.5 Å². The van der Waals surface area contributed by atoms with Crippen molar-refractivity contribution < 1.29 is 0 Å². The molecule has 0 aliphatic carbocycles. The summed E-state index contributed by atoms with van der Waals surface area (Å²) in [5.41, 5.74) is 0. The van der Waals surface area contributed by atoms with Crippen LogP contribution in [0.2, 0.25) is 0 Å². The molecule has 0 aromatic carbocycles. The Kier molecular flexibility index (Phi) is 6.69. The van der Waals surface area contributed by atoms with Crippen LogP contribution in [0.3, 0.4) is 0 Å². The number of rotatable bonds is 8. The van der Waals surface area contributed by atoms with Crippen molar-refractivity contribution in [2.45, 2.75) is 20.8 Å². The van der Waals surface area contributed by atoms with E-state index in [0.717, 1.165) is 13.1 Å². The van der Waals surface area contributed by atoms with Crippen LogP contribution in [0.1, 0.15) is 20.8 Å². The van der Waals surface area contributed by atoms with Crippen molar-refractivity contribution in [3.05, 3.63) is 0 Å². The third-order valence-corrected chi connectivity index (χ3v) is 2.80. The number of nitriles is 2. The summed E-state index contributed by atoms with van der Waals surface area (Å²) in [7, 11) is 0. The SMILES string of the molecule is CCNc1nc(N(CC)CC)nc(N(CC#N)CC#N)n1. The molecule has 112 valence electrons. The van der Waals surface area contributed by atoms with Gasteiger partial charge in [0.1, 0.15) is 13.1 Å². The molecule has 8 heteroatoms. The Morgan fingerprint density at radius 1 is 0.905 bits per heavy atom. The third kappa shape index (κ3) is 4.46.